The van der Waals surface area contributed by atoms with E-state index in [1.165, 1.54) is 12.1 Å². The number of hydrogen-bond acceptors (Lipinski definition) is 5. The normalized spacial score (nSPS) is 11.0. The van der Waals surface area contributed by atoms with Crippen molar-refractivity contribution in [2.75, 3.05) is 11.9 Å². The molecule has 2 rings (SSSR count). The molecule has 7 nitrogen and oxygen atoms in total. The van der Waals surface area contributed by atoms with Gasteiger partial charge in [-0.2, -0.15) is 5.10 Å². The predicted molar refractivity (Wildman–Crippen MR) is 93.1 cm³/mol. The van der Waals surface area contributed by atoms with Gasteiger partial charge in [-0.05, 0) is 49.2 Å². The number of nitrogens with zero attached hydrogens (tertiary/aromatic N) is 2. The van der Waals surface area contributed by atoms with Crippen LogP contribution in [0.1, 0.15) is 18.1 Å². The number of hydrazone groups is 1. The molecule has 0 aliphatic carbocycles. The van der Waals surface area contributed by atoms with Crippen molar-refractivity contribution in [1.82, 2.24) is 5.43 Å². The van der Waals surface area contributed by atoms with Crippen LogP contribution in [0.25, 0.3) is 0 Å². The molecule has 7 heteroatoms. The lowest BCUT2D eigenvalue weighted by atomic mass is 10.1. The second-order valence-corrected chi connectivity index (χ2v) is 5.26. The SMILES string of the molecule is C/C(=N\NC(=O)CNc1cccc(C)c1)c1ccc([N+](=O)[O-])cc1. The Kier molecular flexibility index (Phi) is 5.62. The molecule has 1 amide bonds. The van der Waals surface area contributed by atoms with E-state index < -0.39 is 4.92 Å². The van der Waals surface area contributed by atoms with Gasteiger partial charge in [-0.15, -0.1) is 0 Å². The van der Waals surface area contributed by atoms with Gasteiger partial charge in [0.15, 0.2) is 0 Å². The van der Waals surface area contributed by atoms with Crippen molar-refractivity contribution in [2.45, 2.75) is 13.8 Å². The molecule has 2 aromatic rings. The highest BCUT2D eigenvalue weighted by molar-refractivity contribution is 5.99. The number of anilines is 1. The number of hydrogen-bond donors (Lipinski definition) is 2. The quantitative estimate of drug-likeness (QED) is 0.484. The summed E-state index contributed by atoms with van der Waals surface area (Å²) in [6.45, 7) is 3.79. The number of nitrogens with one attached hydrogen (secondary N) is 2. The maximum atomic E-state index is 11.8. The fraction of sp³-hybridized carbons (Fsp3) is 0.176. The van der Waals surface area contributed by atoms with Crippen LogP contribution in [0.2, 0.25) is 0 Å². The van der Waals surface area contributed by atoms with Gasteiger partial charge in [-0.1, -0.05) is 12.1 Å². The minimum absolute atomic E-state index is 0.0120. The largest absolute Gasteiger partial charge is 0.376 e. The number of non-ortho nitro benzene ring substituents is 1. The predicted octanol–water partition coefficient (Wildman–Crippen LogP) is 2.86. The van der Waals surface area contributed by atoms with Crippen LogP contribution in [-0.4, -0.2) is 23.1 Å². The summed E-state index contributed by atoms with van der Waals surface area (Å²) >= 11 is 0. The summed E-state index contributed by atoms with van der Waals surface area (Å²) in [4.78, 5) is 22.0. The number of carbonyl (C=O) groups is 1. The first-order chi connectivity index (χ1) is 11.5. The van der Waals surface area contributed by atoms with Crippen molar-refractivity contribution in [3.8, 4) is 0 Å². The van der Waals surface area contributed by atoms with Gasteiger partial charge in [-0.25, -0.2) is 5.43 Å². The molecule has 0 aliphatic rings. The van der Waals surface area contributed by atoms with Crippen LogP contribution in [-0.2, 0) is 4.79 Å². The molecule has 2 aromatic carbocycles. The Hall–Kier alpha value is -3.22. The first-order valence-electron chi connectivity index (χ1n) is 7.34. The molecule has 0 aliphatic heterocycles. The molecule has 0 saturated heterocycles. The zero-order valence-electron chi connectivity index (χ0n) is 13.4. The molecule has 0 radical (unpaired) electrons. The van der Waals surface area contributed by atoms with Crippen LogP contribution in [0.15, 0.2) is 53.6 Å². The molecular formula is C17H18N4O3. The van der Waals surface area contributed by atoms with Gasteiger partial charge in [0.2, 0.25) is 0 Å². The van der Waals surface area contributed by atoms with Gasteiger partial charge in [0.05, 0.1) is 17.2 Å². The monoisotopic (exact) mass is 326 g/mol. The lowest BCUT2D eigenvalue weighted by molar-refractivity contribution is -0.384. The minimum Gasteiger partial charge on any atom is -0.376 e. The topological polar surface area (TPSA) is 96.6 Å². The van der Waals surface area contributed by atoms with Crippen LogP contribution in [0.3, 0.4) is 0 Å². The van der Waals surface area contributed by atoms with E-state index in [1.54, 1.807) is 19.1 Å². The standard InChI is InChI=1S/C17H18N4O3/c1-12-4-3-5-15(10-12)18-11-17(22)20-19-13(2)14-6-8-16(9-7-14)21(23)24/h3-10,18H,11H2,1-2H3,(H,20,22)/b19-13+. The summed E-state index contributed by atoms with van der Waals surface area (Å²) in [5.41, 5.74) is 5.70. The second-order valence-electron chi connectivity index (χ2n) is 5.26. The summed E-state index contributed by atoms with van der Waals surface area (Å²) in [5.74, 6) is -0.280. The number of nitro groups is 1. The fourth-order valence-corrected chi connectivity index (χ4v) is 2.01. The average Bonchev–Trinajstić information content (AvgIpc) is 2.58. The maximum absolute atomic E-state index is 11.8. The Morgan fingerprint density at radius 1 is 1.21 bits per heavy atom. The highest BCUT2D eigenvalue weighted by Crippen LogP contribution is 2.12. The van der Waals surface area contributed by atoms with Crippen LogP contribution in [0.5, 0.6) is 0 Å². The van der Waals surface area contributed by atoms with Crippen molar-refractivity contribution in [3.05, 3.63) is 69.8 Å². The molecule has 0 saturated carbocycles. The summed E-state index contributed by atoms with van der Waals surface area (Å²) < 4.78 is 0. The van der Waals surface area contributed by atoms with Crippen LogP contribution >= 0.6 is 0 Å². The van der Waals surface area contributed by atoms with Gasteiger partial charge < -0.3 is 5.32 Å². The van der Waals surface area contributed by atoms with Crippen LogP contribution in [0.4, 0.5) is 11.4 Å². The van der Waals surface area contributed by atoms with Gasteiger partial charge in [0.1, 0.15) is 0 Å². The van der Waals surface area contributed by atoms with Crippen molar-refractivity contribution < 1.29 is 9.72 Å². The third-order valence-electron chi connectivity index (χ3n) is 3.32. The number of nitro benzene ring substituents is 1. The Balaban J connectivity index is 1.89. The zero-order valence-corrected chi connectivity index (χ0v) is 13.4. The van der Waals surface area contributed by atoms with E-state index in [4.69, 9.17) is 0 Å². The molecule has 2 N–H and O–H groups in total. The van der Waals surface area contributed by atoms with Crippen molar-refractivity contribution in [1.29, 1.82) is 0 Å². The Labute approximate surface area is 139 Å². The molecule has 0 aromatic heterocycles. The molecule has 0 heterocycles. The van der Waals surface area contributed by atoms with E-state index in [9.17, 15) is 14.9 Å². The van der Waals surface area contributed by atoms with Gasteiger partial charge in [-0.3, -0.25) is 14.9 Å². The van der Waals surface area contributed by atoms with Crippen molar-refractivity contribution in [3.63, 3.8) is 0 Å². The van der Waals surface area contributed by atoms with E-state index in [0.29, 0.717) is 11.3 Å². The summed E-state index contributed by atoms with van der Waals surface area (Å²) in [6, 6.07) is 13.7. The number of rotatable bonds is 6. The Morgan fingerprint density at radius 2 is 1.92 bits per heavy atom. The third-order valence-corrected chi connectivity index (χ3v) is 3.32. The van der Waals surface area contributed by atoms with E-state index in [0.717, 1.165) is 11.3 Å². The zero-order chi connectivity index (χ0) is 17.5. The molecule has 24 heavy (non-hydrogen) atoms. The van der Waals surface area contributed by atoms with Gasteiger partial charge in [0, 0.05) is 17.8 Å². The number of benzene rings is 2. The number of aryl methyl sites for hydroxylation is 1. The first kappa shape index (κ1) is 17.1. The lowest BCUT2D eigenvalue weighted by Gasteiger charge is -2.06. The minimum atomic E-state index is -0.463. The maximum Gasteiger partial charge on any atom is 0.269 e. The van der Waals surface area contributed by atoms with Gasteiger partial charge in [0.25, 0.3) is 11.6 Å². The number of amides is 1. The van der Waals surface area contributed by atoms with Gasteiger partial charge >= 0.3 is 0 Å². The van der Waals surface area contributed by atoms with Crippen LogP contribution < -0.4 is 10.7 Å². The first-order valence-corrected chi connectivity index (χ1v) is 7.34. The van der Waals surface area contributed by atoms with Crippen molar-refractivity contribution in [2.24, 2.45) is 5.10 Å². The third kappa shape index (κ3) is 4.91. The van der Waals surface area contributed by atoms with Crippen LogP contribution in [0, 0.1) is 17.0 Å². The van der Waals surface area contributed by atoms with E-state index in [1.807, 2.05) is 31.2 Å². The molecule has 124 valence electrons. The molecule has 0 spiro atoms. The highest BCUT2D eigenvalue weighted by atomic mass is 16.6. The smallest absolute Gasteiger partial charge is 0.269 e. The van der Waals surface area contributed by atoms with E-state index in [-0.39, 0.29) is 18.1 Å². The van der Waals surface area contributed by atoms with E-state index in [2.05, 4.69) is 15.8 Å². The molecular weight excluding hydrogens is 308 g/mol. The molecule has 0 fully saturated rings. The Morgan fingerprint density at radius 3 is 2.54 bits per heavy atom. The fourth-order valence-electron chi connectivity index (χ4n) is 2.01. The van der Waals surface area contributed by atoms with Crippen molar-refractivity contribution >= 4 is 23.0 Å². The molecule has 0 atom stereocenters. The molecule has 0 unspecified atom stereocenters. The second kappa shape index (κ2) is 7.87. The molecule has 0 bridgehead atoms. The summed E-state index contributed by atoms with van der Waals surface area (Å²) in [7, 11) is 0. The highest BCUT2D eigenvalue weighted by Gasteiger charge is 2.06. The Bertz CT molecular complexity index is 770. The summed E-state index contributed by atoms with van der Waals surface area (Å²) in [6.07, 6.45) is 0. The summed E-state index contributed by atoms with van der Waals surface area (Å²) in [5, 5.41) is 17.6. The van der Waals surface area contributed by atoms with E-state index >= 15 is 0 Å². The average molecular weight is 326 g/mol. The lowest BCUT2D eigenvalue weighted by Crippen LogP contribution is -2.26. The number of carbonyl (C=O) groups excluding carboxylic acids is 1.